The van der Waals surface area contributed by atoms with E-state index in [9.17, 15) is 0 Å². The van der Waals surface area contributed by atoms with Crippen LogP contribution in [-0.2, 0) is 0 Å². The van der Waals surface area contributed by atoms with Gasteiger partial charge in [-0.15, -0.1) is 0 Å². The van der Waals surface area contributed by atoms with E-state index in [4.69, 9.17) is 20.4 Å². The number of hydrogen-bond acceptors (Lipinski definition) is 5. The predicted molar refractivity (Wildman–Crippen MR) is 91.1 cm³/mol. The minimum atomic E-state index is 0.335. The molecule has 1 N–H and O–H groups in total. The fraction of sp³-hybridized carbons (Fsp3) is 0.353. The van der Waals surface area contributed by atoms with Gasteiger partial charge in [0.2, 0.25) is 0 Å². The Balaban J connectivity index is 1.84. The maximum absolute atomic E-state index is 6.26. The molecule has 0 amide bonds. The summed E-state index contributed by atoms with van der Waals surface area (Å²) in [7, 11) is 0. The van der Waals surface area contributed by atoms with Gasteiger partial charge < -0.3 is 19.1 Å². The SMILES string of the molecule is Cc1ccc(-c2cc(Cl)cc3nc(N4CCNC[C@@H]4C)oc23)o1. The first-order valence-electron chi connectivity index (χ1n) is 7.76. The highest BCUT2D eigenvalue weighted by molar-refractivity contribution is 6.31. The molecule has 1 atom stereocenters. The third kappa shape index (κ3) is 2.60. The van der Waals surface area contributed by atoms with Crippen LogP contribution < -0.4 is 10.2 Å². The molecule has 120 valence electrons. The molecule has 0 bridgehead atoms. The molecular weight excluding hydrogens is 314 g/mol. The molecule has 6 heteroatoms. The molecule has 0 aliphatic carbocycles. The Hall–Kier alpha value is -1.98. The smallest absolute Gasteiger partial charge is 0.298 e. The summed E-state index contributed by atoms with van der Waals surface area (Å²) in [4.78, 5) is 6.83. The van der Waals surface area contributed by atoms with Gasteiger partial charge >= 0.3 is 0 Å². The van der Waals surface area contributed by atoms with Gasteiger partial charge in [-0.3, -0.25) is 0 Å². The molecule has 1 aliphatic heterocycles. The second-order valence-electron chi connectivity index (χ2n) is 5.95. The molecular formula is C17H18ClN3O2. The van der Waals surface area contributed by atoms with Gasteiger partial charge in [0.15, 0.2) is 5.58 Å². The molecule has 1 aliphatic rings. The van der Waals surface area contributed by atoms with Crippen LogP contribution in [-0.4, -0.2) is 30.7 Å². The van der Waals surface area contributed by atoms with Crippen LogP contribution in [0.4, 0.5) is 6.01 Å². The van der Waals surface area contributed by atoms with Crippen molar-refractivity contribution in [2.45, 2.75) is 19.9 Å². The number of aryl methyl sites for hydroxylation is 1. The number of piperazine rings is 1. The van der Waals surface area contributed by atoms with Crippen molar-refractivity contribution in [1.82, 2.24) is 10.3 Å². The van der Waals surface area contributed by atoms with E-state index in [0.717, 1.165) is 42.2 Å². The number of oxazole rings is 1. The first-order chi connectivity index (χ1) is 11.1. The van der Waals surface area contributed by atoms with Crippen molar-refractivity contribution < 1.29 is 8.83 Å². The number of fused-ring (bicyclic) bond motifs is 1. The summed E-state index contributed by atoms with van der Waals surface area (Å²) in [5, 5.41) is 3.99. The summed E-state index contributed by atoms with van der Waals surface area (Å²) in [6.45, 7) is 6.79. The zero-order valence-electron chi connectivity index (χ0n) is 13.1. The molecule has 1 aromatic carbocycles. The minimum absolute atomic E-state index is 0.335. The summed E-state index contributed by atoms with van der Waals surface area (Å²) < 4.78 is 11.8. The van der Waals surface area contributed by atoms with Crippen LogP contribution in [0.5, 0.6) is 0 Å². The quantitative estimate of drug-likeness (QED) is 0.773. The van der Waals surface area contributed by atoms with Crippen molar-refractivity contribution >= 4 is 28.7 Å². The first-order valence-corrected chi connectivity index (χ1v) is 8.14. The Bertz CT molecular complexity index is 855. The molecule has 3 heterocycles. The monoisotopic (exact) mass is 331 g/mol. The molecule has 2 aromatic heterocycles. The number of nitrogens with one attached hydrogen (secondary N) is 1. The lowest BCUT2D eigenvalue weighted by molar-refractivity contribution is 0.456. The highest BCUT2D eigenvalue weighted by Gasteiger charge is 2.24. The van der Waals surface area contributed by atoms with Gasteiger partial charge in [-0.2, -0.15) is 4.98 Å². The zero-order chi connectivity index (χ0) is 16.0. The summed E-state index contributed by atoms with van der Waals surface area (Å²) in [5.41, 5.74) is 2.30. The lowest BCUT2D eigenvalue weighted by atomic mass is 10.1. The number of hydrogen-bond donors (Lipinski definition) is 1. The van der Waals surface area contributed by atoms with E-state index in [1.54, 1.807) is 0 Å². The van der Waals surface area contributed by atoms with E-state index in [-0.39, 0.29) is 0 Å². The summed E-state index contributed by atoms with van der Waals surface area (Å²) in [6.07, 6.45) is 0. The molecule has 4 rings (SSSR count). The third-order valence-electron chi connectivity index (χ3n) is 4.20. The highest BCUT2D eigenvalue weighted by atomic mass is 35.5. The van der Waals surface area contributed by atoms with Crippen LogP contribution in [0.3, 0.4) is 0 Å². The van der Waals surface area contributed by atoms with Gasteiger partial charge in [0.1, 0.15) is 17.0 Å². The number of anilines is 1. The van der Waals surface area contributed by atoms with Gasteiger partial charge in [-0.1, -0.05) is 11.6 Å². The molecule has 1 fully saturated rings. The minimum Gasteiger partial charge on any atom is -0.461 e. The van der Waals surface area contributed by atoms with E-state index in [0.29, 0.717) is 22.7 Å². The maximum Gasteiger partial charge on any atom is 0.298 e. The standard InChI is InChI=1S/C17H18ClN3O2/c1-10-9-19-5-6-21(10)17-20-14-8-12(18)7-13(16(14)23-17)15-4-3-11(2)22-15/h3-4,7-8,10,19H,5-6,9H2,1-2H3/t10-/m0/s1. The Labute approximate surface area is 139 Å². The number of furan rings is 1. The van der Waals surface area contributed by atoms with Crippen LogP contribution in [0.25, 0.3) is 22.4 Å². The lowest BCUT2D eigenvalue weighted by Crippen LogP contribution is -2.50. The Morgan fingerprint density at radius 3 is 2.91 bits per heavy atom. The van der Waals surface area contributed by atoms with E-state index in [1.807, 2.05) is 31.2 Å². The van der Waals surface area contributed by atoms with Gasteiger partial charge in [0, 0.05) is 30.7 Å². The Kier molecular flexibility index (Phi) is 3.54. The van der Waals surface area contributed by atoms with Gasteiger partial charge in [-0.05, 0) is 38.1 Å². The van der Waals surface area contributed by atoms with Crippen molar-refractivity contribution in [1.29, 1.82) is 0 Å². The van der Waals surface area contributed by atoms with Crippen molar-refractivity contribution in [2.24, 2.45) is 0 Å². The number of halogens is 1. The number of benzene rings is 1. The van der Waals surface area contributed by atoms with E-state index in [1.165, 1.54) is 0 Å². The molecule has 0 saturated carbocycles. The predicted octanol–water partition coefficient (Wildman–Crippen LogP) is 3.85. The first kappa shape index (κ1) is 14.6. The van der Waals surface area contributed by atoms with E-state index in [2.05, 4.69) is 22.1 Å². The van der Waals surface area contributed by atoms with Crippen LogP contribution in [0, 0.1) is 6.92 Å². The summed E-state index contributed by atoms with van der Waals surface area (Å²) >= 11 is 6.26. The van der Waals surface area contributed by atoms with Crippen LogP contribution in [0.1, 0.15) is 12.7 Å². The molecule has 5 nitrogen and oxygen atoms in total. The normalized spacial score (nSPS) is 18.7. The zero-order valence-corrected chi connectivity index (χ0v) is 13.9. The lowest BCUT2D eigenvalue weighted by Gasteiger charge is -2.32. The molecule has 0 spiro atoms. The largest absolute Gasteiger partial charge is 0.461 e. The van der Waals surface area contributed by atoms with Crippen molar-refractivity contribution in [3.05, 3.63) is 35.0 Å². The van der Waals surface area contributed by atoms with Crippen LogP contribution >= 0.6 is 11.6 Å². The Morgan fingerprint density at radius 2 is 2.17 bits per heavy atom. The fourth-order valence-corrected chi connectivity index (χ4v) is 3.21. The van der Waals surface area contributed by atoms with Crippen LogP contribution in [0.15, 0.2) is 33.1 Å². The average molecular weight is 332 g/mol. The molecule has 23 heavy (non-hydrogen) atoms. The van der Waals surface area contributed by atoms with Crippen molar-refractivity contribution in [3.8, 4) is 11.3 Å². The fourth-order valence-electron chi connectivity index (χ4n) is 3.00. The average Bonchev–Trinajstić information content (AvgIpc) is 3.13. The van der Waals surface area contributed by atoms with Gasteiger partial charge in [0.05, 0.1) is 5.56 Å². The van der Waals surface area contributed by atoms with Gasteiger partial charge in [0.25, 0.3) is 6.01 Å². The highest BCUT2D eigenvalue weighted by Crippen LogP contribution is 2.35. The molecule has 0 radical (unpaired) electrons. The van der Waals surface area contributed by atoms with Crippen LogP contribution in [0.2, 0.25) is 5.02 Å². The topological polar surface area (TPSA) is 54.4 Å². The van der Waals surface area contributed by atoms with Gasteiger partial charge in [-0.25, -0.2) is 0 Å². The summed E-state index contributed by atoms with van der Waals surface area (Å²) in [5.74, 6) is 1.59. The molecule has 1 saturated heterocycles. The second kappa shape index (κ2) is 5.58. The molecule has 0 unspecified atom stereocenters. The third-order valence-corrected chi connectivity index (χ3v) is 4.41. The van der Waals surface area contributed by atoms with Crippen molar-refractivity contribution in [2.75, 3.05) is 24.5 Å². The van der Waals surface area contributed by atoms with Crippen molar-refractivity contribution in [3.63, 3.8) is 0 Å². The number of rotatable bonds is 2. The number of nitrogens with zero attached hydrogens (tertiary/aromatic N) is 2. The second-order valence-corrected chi connectivity index (χ2v) is 6.39. The maximum atomic E-state index is 6.26. The van der Waals surface area contributed by atoms with E-state index < -0.39 is 0 Å². The van der Waals surface area contributed by atoms with E-state index >= 15 is 0 Å². The summed E-state index contributed by atoms with van der Waals surface area (Å²) in [6, 6.07) is 8.52. The Morgan fingerprint density at radius 1 is 1.30 bits per heavy atom. The number of aromatic nitrogens is 1. The molecule has 3 aromatic rings.